The van der Waals surface area contributed by atoms with Crippen LogP contribution in [0.25, 0.3) is 0 Å². The van der Waals surface area contributed by atoms with E-state index in [9.17, 15) is 4.79 Å². The number of ether oxygens (including phenoxy) is 1. The number of benzene rings is 1. The molecule has 0 saturated heterocycles. The fourth-order valence-corrected chi connectivity index (χ4v) is 4.10. The van der Waals surface area contributed by atoms with E-state index in [4.69, 9.17) is 10.5 Å². The Morgan fingerprint density at radius 2 is 2.10 bits per heavy atom. The van der Waals surface area contributed by atoms with Gasteiger partial charge in [0.2, 0.25) is 5.91 Å². The summed E-state index contributed by atoms with van der Waals surface area (Å²) in [4.78, 5) is 12.5. The second-order valence-electron chi connectivity index (χ2n) is 5.77. The molecule has 21 heavy (non-hydrogen) atoms. The topological polar surface area (TPSA) is 64.3 Å². The number of nitrogens with two attached hydrogens (primary N) is 1. The van der Waals surface area contributed by atoms with Crippen LogP contribution in [0.4, 0.5) is 5.69 Å². The molecule has 2 aliphatic carbocycles. The van der Waals surface area contributed by atoms with E-state index < -0.39 is 0 Å². The van der Waals surface area contributed by atoms with Crippen LogP contribution in [0.15, 0.2) is 22.7 Å². The first-order valence-corrected chi connectivity index (χ1v) is 7.79. The highest BCUT2D eigenvalue weighted by Gasteiger charge is 2.49. The molecule has 1 amide bonds. The molecular formula is C15H20BrClN2O2. The van der Waals surface area contributed by atoms with Crippen LogP contribution in [-0.2, 0) is 4.79 Å². The number of methoxy groups -OCH3 is 1. The van der Waals surface area contributed by atoms with E-state index >= 15 is 0 Å². The van der Waals surface area contributed by atoms with Gasteiger partial charge in [-0.05, 0) is 59.2 Å². The molecule has 2 aliphatic rings. The van der Waals surface area contributed by atoms with E-state index in [1.807, 2.05) is 18.2 Å². The Bertz CT molecular complexity index is 538. The number of carbonyl (C=O) groups is 1. The minimum atomic E-state index is -0.0385. The molecule has 1 aromatic carbocycles. The van der Waals surface area contributed by atoms with Crippen LogP contribution >= 0.6 is 28.3 Å². The summed E-state index contributed by atoms with van der Waals surface area (Å²) in [6.45, 7) is 0. The number of carbonyl (C=O) groups excluding carboxylic acids is 1. The lowest BCUT2D eigenvalue weighted by molar-refractivity contribution is -0.121. The van der Waals surface area contributed by atoms with Crippen molar-refractivity contribution < 1.29 is 9.53 Å². The first kappa shape index (κ1) is 16.6. The molecule has 4 unspecified atom stereocenters. The molecule has 6 heteroatoms. The van der Waals surface area contributed by atoms with E-state index in [0.717, 1.165) is 23.0 Å². The predicted molar refractivity (Wildman–Crippen MR) is 88.9 cm³/mol. The Morgan fingerprint density at radius 1 is 1.38 bits per heavy atom. The molecule has 3 rings (SSSR count). The minimum absolute atomic E-state index is 0. The third-order valence-electron chi connectivity index (χ3n) is 4.70. The molecule has 2 saturated carbocycles. The summed E-state index contributed by atoms with van der Waals surface area (Å²) in [5.41, 5.74) is 6.96. The summed E-state index contributed by atoms with van der Waals surface area (Å²) in [5.74, 6) is 1.72. The third kappa shape index (κ3) is 3.05. The van der Waals surface area contributed by atoms with Crippen molar-refractivity contribution in [1.29, 1.82) is 0 Å². The summed E-state index contributed by atoms with van der Waals surface area (Å²) in [7, 11) is 1.61. The highest BCUT2D eigenvalue weighted by atomic mass is 79.9. The zero-order chi connectivity index (χ0) is 14.3. The van der Waals surface area contributed by atoms with Gasteiger partial charge in [-0.25, -0.2) is 0 Å². The van der Waals surface area contributed by atoms with Gasteiger partial charge in [-0.2, -0.15) is 0 Å². The Hall–Kier alpha value is -0.780. The normalized spacial score (nSPS) is 29.9. The summed E-state index contributed by atoms with van der Waals surface area (Å²) in [5, 5.41) is 2.98. The van der Waals surface area contributed by atoms with E-state index in [-0.39, 0.29) is 30.3 Å². The van der Waals surface area contributed by atoms with Gasteiger partial charge in [-0.1, -0.05) is 0 Å². The number of amides is 1. The minimum Gasteiger partial charge on any atom is -0.495 e. The molecule has 4 atom stereocenters. The van der Waals surface area contributed by atoms with Crippen LogP contribution < -0.4 is 15.8 Å². The Balaban J connectivity index is 0.00000161. The standard InChI is InChI=1S/C15H19BrN2O2.ClH/c1-20-12-7-10(4-5-11(12)16)18-15(19)13-8-2-3-9(6-8)14(13)17;/h4-5,7-9,13-14H,2-3,6,17H2,1H3,(H,18,19);1H. The number of nitrogens with one attached hydrogen (secondary N) is 1. The lowest BCUT2D eigenvalue weighted by atomic mass is 9.84. The monoisotopic (exact) mass is 374 g/mol. The van der Waals surface area contributed by atoms with Gasteiger partial charge >= 0.3 is 0 Å². The maximum Gasteiger partial charge on any atom is 0.229 e. The maximum absolute atomic E-state index is 12.5. The summed E-state index contributed by atoms with van der Waals surface area (Å²) < 4.78 is 6.11. The van der Waals surface area contributed by atoms with Crippen LogP contribution in [0.2, 0.25) is 0 Å². The Labute approximate surface area is 139 Å². The van der Waals surface area contributed by atoms with Crippen LogP contribution in [0.5, 0.6) is 5.75 Å². The highest BCUT2D eigenvalue weighted by molar-refractivity contribution is 9.10. The molecule has 1 aromatic rings. The lowest BCUT2D eigenvalue weighted by Crippen LogP contribution is -2.42. The van der Waals surface area contributed by atoms with Gasteiger partial charge in [0, 0.05) is 17.8 Å². The molecule has 2 fully saturated rings. The summed E-state index contributed by atoms with van der Waals surface area (Å²) >= 11 is 3.40. The number of hydrogen-bond donors (Lipinski definition) is 2. The van der Waals surface area contributed by atoms with E-state index in [1.165, 1.54) is 6.42 Å². The highest BCUT2D eigenvalue weighted by Crippen LogP contribution is 2.48. The van der Waals surface area contributed by atoms with Gasteiger partial charge in [0.05, 0.1) is 17.5 Å². The average molecular weight is 376 g/mol. The fraction of sp³-hybridized carbons (Fsp3) is 0.533. The second kappa shape index (κ2) is 6.55. The fourth-order valence-electron chi connectivity index (χ4n) is 3.69. The van der Waals surface area contributed by atoms with E-state index in [1.54, 1.807) is 7.11 Å². The number of rotatable bonds is 3. The first-order chi connectivity index (χ1) is 9.60. The van der Waals surface area contributed by atoms with Crippen LogP contribution in [-0.4, -0.2) is 19.1 Å². The quantitative estimate of drug-likeness (QED) is 0.853. The van der Waals surface area contributed by atoms with Crippen molar-refractivity contribution in [3.05, 3.63) is 22.7 Å². The van der Waals surface area contributed by atoms with E-state index in [0.29, 0.717) is 17.6 Å². The van der Waals surface area contributed by atoms with Crippen LogP contribution in [0, 0.1) is 17.8 Å². The molecule has 0 radical (unpaired) electrons. The summed E-state index contributed by atoms with van der Waals surface area (Å²) in [6, 6.07) is 5.57. The van der Waals surface area contributed by atoms with E-state index in [2.05, 4.69) is 21.2 Å². The average Bonchev–Trinajstić information content (AvgIpc) is 3.01. The Kier molecular flexibility index (Phi) is 5.17. The van der Waals surface area contributed by atoms with Gasteiger partial charge in [0.1, 0.15) is 5.75 Å². The zero-order valence-corrected chi connectivity index (χ0v) is 14.2. The number of halogens is 2. The zero-order valence-electron chi connectivity index (χ0n) is 11.8. The largest absolute Gasteiger partial charge is 0.495 e. The van der Waals surface area contributed by atoms with Gasteiger partial charge in [-0.3, -0.25) is 4.79 Å². The number of fused-ring (bicyclic) bond motifs is 2. The molecule has 4 nitrogen and oxygen atoms in total. The van der Waals surface area contributed by atoms with Crippen LogP contribution in [0.1, 0.15) is 19.3 Å². The summed E-state index contributed by atoms with van der Waals surface area (Å²) in [6.07, 6.45) is 3.44. The molecule has 0 aromatic heterocycles. The van der Waals surface area contributed by atoms with Crippen LogP contribution in [0.3, 0.4) is 0 Å². The SMILES string of the molecule is COc1cc(NC(=O)C2C3CCC(C3)C2N)ccc1Br.Cl. The Morgan fingerprint density at radius 3 is 2.71 bits per heavy atom. The van der Waals surface area contributed by atoms with Crippen molar-refractivity contribution in [3.63, 3.8) is 0 Å². The third-order valence-corrected chi connectivity index (χ3v) is 5.36. The molecule has 2 bridgehead atoms. The van der Waals surface area contributed by atoms with Crippen molar-refractivity contribution >= 4 is 39.9 Å². The molecular weight excluding hydrogens is 356 g/mol. The second-order valence-corrected chi connectivity index (χ2v) is 6.63. The van der Waals surface area contributed by atoms with Crippen molar-refractivity contribution in [3.8, 4) is 5.75 Å². The van der Waals surface area contributed by atoms with Crippen molar-refractivity contribution in [1.82, 2.24) is 0 Å². The van der Waals surface area contributed by atoms with Gasteiger partial charge in [0.25, 0.3) is 0 Å². The van der Waals surface area contributed by atoms with Gasteiger partial charge in [0.15, 0.2) is 0 Å². The van der Waals surface area contributed by atoms with Gasteiger partial charge in [-0.15, -0.1) is 12.4 Å². The smallest absolute Gasteiger partial charge is 0.229 e. The van der Waals surface area contributed by atoms with Gasteiger partial charge < -0.3 is 15.8 Å². The molecule has 0 aliphatic heterocycles. The lowest BCUT2D eigenvalue weighted by Gasteiger charge is -2.27. The van der Waals surface area contributed by atoms with Crippen molar-refractivity contribution in [2.75, 3.05) is 12.4 Å². The van der Waals surface area contributed by atoms with Crippen molar-refractivity contribution in [2.24, 2.45) is 23.5 Å². The number of anilines is 1. The molecule has 0 heterocycles. The number of hydrogen-bond acceptors (Lipinski definition) is 3. The first-order valence-electron chi connectivity index (χ1n) is 7.00. The van der Waals surface area contributed by atoms with Crippen molar-refractivity contribution in [2.45, 2.75) is 25.3 Å². The predicted octanol–water partition coefficient (Wildman–Crippen LogP) is 3.19. The molecule has 0 spiro atoms. The maximum atomic E-state index is 12.5. The molecule has 3 N–H and O–H groups in total. The molecule has 116 valence electrons.